The Morgan fingerprint density at radius 1 is 0.778 bits per heavy atom. The van der Waals surface area contributed by atoms with Gasteiger partial charge in [0.2, 0.25) is 0 Å². The molecule has 3 aromatic rings. The van der Waals surface area contributed by atoms with E-state index in [0.717, 1.165) is 36.1 Å². The normalized spacial score (nSPS) is 20.4. The summed E-state index contributed by atoms with van der Waals surface area (Å²) in [5.74, 6) is 0.651. The third-order valence-electron chi connectivity index (χ3n) is 5.42. The summed E-state index contributed by atoms with van der Waals surface area (Å²) < 4.78 is 0. The van der Waals surface area contributed by atoms with E-state index in [1.165, 1.54) is 0 Å². The summed E-state index contributed by atoms with van der Waals surface area (Å²) in [6, 6.07) is 21.2. The summed E-state index contributed by atoms with van der Waals surface area (Å²) in [4.78, 5) is 6.88. The number of nitrogens with zero attached hydrogens (tertiary/aromatic N) is 2. The summed E-state index contributed by atoms with van der Waals surface area (Å²) in [5.41, 5.74) is 2.86. The molecule has 0 amide bonds. The summed E-state index contributed by atoms with van der Waals surface area (Å²) in [5, 5.41) is 20.9. The molecule has 1 aromatic heterocycles. The zero-order valence-electron chi connectivity index (χ0n) is 15.2. The van der Waals surface area contributed by atoms with Crippen molar-refractivity contribution in [3.8, 4) is 11.5 Å². The van der Waals surface area contributed by atoms with Crippen molar-refractivity contribution >= 4 is 0 Å². The van der Waals surface area contributed by atoms with Crippen LogP contribution < -0.4 is 0 Å². The maximum Gasteiger partial charge on any atom is 0.120 e. The molecule has 1 saturated heterocycles. The number of rotatable bonds is 4. The fourth-order valence-corrected chi connectivity index (χ4v) is 4.16. The van der Waals surface area contributed by atoms with Gasteiger partial charge in [-0.1, -0.05) is 42.5 Å². The molecule has 1 aliphatic rings. The van der Waals surface area contributed by atoms with Gasteiger partial charge in [0.15, 0.2) is 0 Å². The number of likely N-dealkylation sites (tertiary alicyclic amines) is 1. The monoisotopic (exact) mass is 360 g/mol. The molecule has 1 aliphatic heterocycles. The minimum absolute atomic E-state index is 0.0755. The van der Waals surface area contributed by atoms with E-state index in [-0.39, 0.29) is 12.1 Å². The zero-order valence-corrected chi connectivity index (χ0v) is 15.2. The van der Waals surface area contributed by atoms with Crippen LogP contribution in [0.2, 0.25) is 0 Å². The number of hydrogen-bond donors (Lipinski definition) is 2. The quantitative estimate of drug-likeness (QED) is 0.690. The second-order valence-corrected chi connectivity index (χ2v) is 7.07. The van der Waals surface area contributed by atoms with Crippen molar-refractivity contribution in [2.24, 2.45) is 0 Å². The van der Waals surface area contributed by atoms with Crippen LogP contribution in [-0.2, 0) is 6.54 Å². The summed E-state index contributed by atoms with van der Waals surface area (Å²) in [7, 11) is 0. The molecule has 0 aliphatic carbocycles. The SMILES string of the molecule is Oc1ccccc1[C@@H]1CCC[C@@H](c2ccccc2O)N1Cc1ccccn1. The number of phenolic OH excluding ortho intramolecular Hbond substituents is 2. The van der Waals surface area contributed by atoms with Crippen molar-refractivity contribution in [3.05, 3.63) is 89.7 Å². The maximum atomic E-state index is 10.5. The maximum absolute atomic E-state index is 10.5. The lowest BCUT2D eigenvalue weighted by atomic mass is 9.86. The average molecular weight is 360 g/mol. The van der Waals surface area contributed by atoms with Crippen LogP contribution in [0, 0.1) is 0 Å². The van der Waals surface area contributed by atoms with Gasteiger partial charge in [0, 0.05) is 36.0 Å². The van der Waals surface area contributed by atoms with Crippen molar-refractivity contribution < 1.29 is 10.2 Å². The highest BCUT2D eigenvalue weighted by Gasteiger charge is 2.34. The first-order valence-corrected chi connectivity index (χ1v) is 9.45. The van der Waals surface area contributed by atoms with Crippen molar-refractivity contribution in [2.75, 3.05) is 0 Å². The summed E-state index contributed by atoms with van der Waals surface area (Å²) >= 11 is 0. The van der Waals surface area contributed by atoms with Gasteiger partial charge in [-0.2, -0.15) is 0 Å². The molecule has 27 heavy (non-hydrogen) atoms. The van der Waals surface area contributed by atoms with E-state index >= 15 is 0 Å². The number of phenols is 2. The molecular formula is C23H24N2O2. The lowest BCUT2D eigenvalue weighted by molar-refractivity contribution is 0.0692. The lowest BCUT2D eigenvalue weighted by Crippen LogP contribution is -2.36. The Morgan fingerprint density at radius 3 is 1.85 bits per heavy atom. The van der Waals surface area contributed by atoms with E-state index in [0.29, 0.717) is 18.0 Å². The molecule has 0 saturated carbocycles. The molecule has 2 atom stereocenters. The van der Waals surface area contributed by atoms with E-state index in [1.54, 1.807) is 12.1 Å². The predicted molar refractivity (Wildman–Crippen MR) is 105 cm³/mol. The number of piperidine rings is 1. The Bertz CT molecular complexity index is 844. The predicted octanol–water partition coefficient (Wildman–Crippen LogP) is 4.96. The Kier molecular flexibility index (Phi) is 5.07. The van der Waals surface area contributed by atoms with Gasteiger partial charge in [-0.25, -0.2) is 0 Å². The van der Waals surface area contributed by atoms with E-state index in [4.69, 9.17) is 0 Å². The van der Waals surface area contributed by atoms with Gasteiger partial charge in [0.05, 0.1) is 5.69 Å². The molecule has 0 spiro atoms. The molecule has 4 rings (SSSR count). The minimum Gasteiger partial charge on any atom is -0.508 e. The first kappa shape index (κ1) is 17.6. The smallest absolute Gasteiger partial charge is 0.120 e. The number of pyridine rings is 1. The minimum atomic E-state index is 0.0755. The lowest BCUT2D eigenvalue weighted by Gasteiger charge is -2.43. The van der Waals surface area contributed by atoms with Crippen molar-refractivity contribution in [1.29, 1.82) is 0 Å². The largest absolute Gasteiger partial charge is 0.508 e. The molecule has 2 N–H and O–H groups in total. The highest BCUT2D eigenvalue weighted by molar-refractivity contribution is 5.38. The Hall–Kier alpha value is -2.85. The second kappa shape index (κ2) is 7.80. The highest BCUT2D eigenvalue weighted by atomic mass is 16.3. The van der Waals surface area contributed by atoms with E-state index in [9.17, 15) is 10.2 Å². The van der Waals surface area contributed by atoms with E-state index in [1.807, 2.05) is 60.8 Å². The van der Waals surface area contributed by atoms with Crippen molar-refractivity contribution in [3.63, 3.8) is 0 Å². The van der Waals surface area contributed by atoms with Crippen LogP contribution in [0.4, 0.5) is 0 Å². The Labute approximate surface area is 159 Å². The Balaban J connectivity index is 1.76. The number of aromatic hydroxyl groups is 2. The van der Waals surface area contributed by atoms with Crippen LogP contribution in [-0.4, -0.2) is 20.1 Å². The molecule has 4 nitrogen and oxygen atoms in total. The van der Waals surface area contributed by atoms with E-state index < -0.39 is 0 Å². The van der Waals surface area contributed by atoms with Crippen LogP contribution in [0.5, 0.6) is 11.5 Å². The van der Waals surface area contributed by atoms with Crippen LogP contribution >= 0.6 is 0 Å². The topological polar surface area (TPSA) is 56.6 Å². The molecule has 2 heterocycles. The van der Waals surface area contributed by atoms with Crippen LogP contribution in [0.15, 0.2) is 72.9 Å². The number of aromatic nitrogens is 1. The Morgan fingerprint density at radius 2 is 1.33 bits per heavy atom. The fourth-order valence-electron chi connectivity index (χ4n) is 4.16. The third kappa shape index (κ3) is 3.67. The van der Waals surface area contributed by atoms with E-state index in [2.05, 4.69) is 9.88 Å². The van der Waals surface area contributed by atoms with Gasteiger partial charge < -0.3 is 10.2 Å². The molecule has 138 valence electrons. The number of benzene rings is 2. The van der Waals surface area contributed by atoms with Gasteiger partial charge in [0.1, 0.15) is 11.5 Å². The third-order valence-corrected chi connectivity index (χ3v) is 5.42. The van der Waals surface area contributed by atoms with Crippen molar-refractivity contribution in [2.45, 2.75) is 37.9 Å². The van der Waals surface area contributed by atoms with Crippen LogP contribution in [0.3, 0.4) is 0 Å². The molecule has 0 unspecified atom stereocenters. The summed E-state index contributed by atoms with van der Waals surface area (Å²) in [6.07, 6.45) is 4.78. The second-order valence-electron chi connectivity index (χ2n) is 7.07. The highest BCUT2D eigenvalue weighted by Crippen LogP contribution is 2.46. The standard InChI is InChI=1S/C23H24N2O2/c26-22-13-3-1-9-18(22)20-11-7-12-21(19-10-2-4-14-23(19)27)25(20)16-17-8-5-6-15-24-17/h1-6,8-10,13-15,20-21,26-27H,7,11-12,16H2/t20-,21-/m0/s1. The van der Waals surface area contributed by atoms with Gasteiger partial charge in [-0.3, -0.25) is 9.88 Å². The van der Waals surface area contributed by atoms with Gasteiger partial charge >= 0.3 is 0 Å². The van der Waals surface area contributed by atoms with Gasteiger partial charge in [-0.15, -0.1) is 0 Å². The first-order chi connectivity index (χ1) is 13.2. The molecule has 1 fully saturated rings. The molecule has 4 heteroatoms. The molecular weight excluding hydrogens is 336 g/mol. The average Bonchev–Trinajstić information content (AvgIpc) is 2.70. The molecule has 2 aromatic carbocycles. The number of para-hydroxylation sites is 2. The fraction of sp³-hybridized carbons (Fsp3) is 0.261. The van der Waals surface area contributed by atoms with Gasteiger partial charge in [0.25, 0.3) is 0 Å². The first-order valence-electron chi connectivity index (χ1n) is 9.45. The van der Waals surface area contributed by atoms with Crippen LogP contribution in [0.1, 0.15) is 48.2 Å². The zero-order chi connectivity index (χ0) is 18.6. The molecule has 0 bridgehead atoms. The van der Waals surface area contributed by atoms with Crippen LogP contribution in [0.25, 0.3) is 0 Å². The summed E-state index contributed by atoms with van der Waals surface area (Å²) in [6.45, 7) is 0.666. The van der Waals surface area contributed by atoms with Gasteiger partial charge in [-0.05, 0) is 43.5 Å². The van der Waals surface area contributed by atoms with Crippen molar-refractivity contribution in [1.82, 2.24) is 9.88 Å². The molecule has 0 radical (unpaired) electrons. The number of hydrogen-bond acceptors (Lipinski definition) is 4.